The second-order valence-electron chi connectivity index (χ2n) is 4.71. The van der Waals surface area contributed by atoms with Crippen LogP contribution in [-0.2, 0) is 6.54 Å². The summed E-state index contributed by atoms with van der Waals surface area (Å²) in [7, 11) is 0. The predicted molar refractivity (Wildman–Crippen MR) is 58.6 cm³/mol. The van der Waals surface area contributed by atoms with Gasteiger partial charge >= 0.3 is 0 Å². The van der Waals surface area contributed by atoms with Crippen molar-refractivity contribution in [2.45, 2.75) is 51.1 Å². The van der Waals surface area contributed by atoms with Crippen molar-refractivity contribution in [2.24, 2.45) is 0 Å². The van der Waals surface area contributed by atoms with Gasteiger partial charge in [-0.1, -0.05) is 12.8 Å². The van der Waals surface area contributed by atoms with Crippen molar-refractivity contribution in [1.82, 2.24) is 15.3 Å². The predicted octanol–water partition coefficient (Wildman–Crippen LogP) is 1.91. The summed E-state index contributed by atoms with van der Waals surface area (Å²) in [6.45, 7) is 2.94. The highest BCUT2D eigenvalue weighted by molar-refractivity contribution is 5.26. The zero-order valence-electron chi connectivity index (χ0n) is 9.16. The van der Waals surface area contributed by atoms with Crippen molar-refractivity contribution in [3.63, 3.8) is 0 Å². The van der Waals surface area contributed by atoms with Crippen molar-refractivity contribution in [2.75, 3.05) is 0 Å². The summed E-state index contributed by atoms with van der Waals surface area (Å²) in [5, 5.41) is 3.62. The van der Waals surface area contributed by atoms with Crippen LogP contribution in [0.4, 0.5) is 0 Å². The molecule has 0 saturated heterocycles. The fourth-order valence-electron chi connectivity index (χ4n) is 2.91. The molecule has 0 unspecified atom stereocenters. The van der Waals surface area contributed by atoms with Crippen LogP contribution in [0, 0.1) is 6.92 Å². The molecule has 3 nitrogen and oxygen atoms in total. The molecule has 1 aromatic heterocycles. The lowest BCUT2D eigenvalue weighted by Gasteiger charge is -2.36. The second kappa shape index (κ2) is 3.56. The topological polar surface area (TPSA) is 37.8 Å². The molecule has 0 spiro atoms. The maximum atomic E-state index is 4.65. The molecule has 0 radical (unpaired) electrons. The molecule has 80 valence electrons. The maximum absolute atomic E-state index is 4.65. The third-order valence-electron chi connectivity index (χ3n) is 3.69. The van der Waals surface area contributed by atoms with Crippen LogP contribution in [-0.4, -0.2) is 16.0 Å². The standard InChI is InChI=1S/C12H17N3/c1-8-13-6-9-7-14-11-5-3-2-4-10(11)12(9)15-8/h6,10-11,14H,2-5,7H2,1H3/t10-,11-/m0/s1. The van der Waals surface area contributed by atoms with Crippen molar-refractivity contribution in [3.05, 3.63) is 23.3 Å². The second-order valence-corrected chi connectivity index (χ2v) is 4.71. The third-order valence-corrected chi connectivity index (χ3v) is 3.69. The molecule has 0 aromatic carbocycles. The fourth-order valence-corrected chi connectivity index (χ4v) is 2.91. The Balaban J connectivity index is 2.01. The van der Waals surface area contributed by atoms with Gasteiger partial charge in [-0.15, -0.1) is 0 Å². The number of aromatic nitrogens is 2. The number of nitrogens with one attached hydrogen (secondary N) is 1. The Morgan fingerprint density at radius 2 is 2.20 bits per heavy atom. The molecule has 1 aliphatic carbocycles. The summed E-state index contributed by atoms with van der Waals surface area (Å²) in [6, 6.07) is 0.667. The Bertz CT molecular complexity index is 375. The zero-order chi connectivity index (χ0) is 10.3. The number of hydrogen-bond donors (Lipinski definition) is 1. The van der Waals surface area contributed by atoms with Gasteiger partial charge < -0.3 is 5.32 Å². The molecule has 15 heavy (non-hydrogen) atoms. The van der Waals surface area contributed by atoms with Crippen LogP contribution in [0.3, 0.4) is 0 Å². The third kappa shape index (κ3) is 1.55. The van der Waals surface area contributed by atoms with Gasteiger partial charge in [0.2, 0.25) is 0 Å². The summed E-state index contributed by atoms with van der Waals surface area (Å²) in [6.07, 6.45) is 7.32. The van der Waals surface area contributed by atoms with Gasteiger partial charge in [-0.3, -0.25) is 0 Å². The van der Waals surface area contributed by atoms with E-state index >= 15 is 0 Å². The minimum atomic E-state index is 0.643. The van der Waals surface area contributed by atoms with E-state index in [1.165, 1.54) is 36.9 Å². The zero-order valence-corrected chi connectivity index (χ0v) is 9.16. The van der Waals surface area contributed by atoms with Gasteiger partial charge in [0, 0.05) is 30.3 Å². The summed E-state index contributed by atoms with van der Waals surface area (Å²) in [5.74, 6) is 1.56. The molecule has 2 atom stereocenters. The van der Waals surface area contributed by atoms with Gasteiger partial charge in [-0.05, 0) is 19.8 Å². The Labute approximate surface area is 90.3 Å². The average Bonchev–Trinajstić information content (AvgIpc) is 2.29. The highest BCUT2D eigenvalue weighted by Crippen LogP contribution is 2.36. The number of fused-ring (bicyclic) bond motifs is 3. The smallest absolute Gasteiger partial charge is 0.125 e. The Kier molecular flexibility index (Phi) is 2.20. The summed E-state index contributed by atoms with van der Waals surface area (Å²) < 4.78 is 0. The number of aryl methyl sites for hydroxylation is 1. The molecule has 3 rings (SSSR count). The molecular weight excluding hydrogens is 186 g/mol. The molecule has 1 fully saturated rings. The SMILES string of the molecule is Cc1ncc2c(n1)[C@H]1CCCC[C@@H]1NC2. The molecule has 0 amide bonds. The first-order valence-corrected chi connectivity index (χ1v) is 5.90. The molecule has 1 N–H and O–H groups in total. The van der Waals surface area contributed by atoms with Gasteiger partial charge in [0.25, 0.3) is 0 Å². The van der Waals surface area contributed by atoms with Crippen LogP contribution in [0.2, 0.25) is 0 Å². The molecular formula is C12H17N3. The van der Waals surface area contributed by atoms with E-state index < -0.39 is 0 Å². The Morgan fingerprint density at radius 1 is 1.33 bits per heavy atom. The molecule has 2 aliphatic rings. The molecule has 0 bridgehead atoms. The first-order chi connectivity index (χ1) is 7.34. The van der Waals surface area contributed by atoms with E-state index in [-0.39, 0.29) is 0 Å². The van der Waals surface area contributed by atoms with E-state index in [1.54, 1.807) is 0 Å². The highest BCUT2D eigenvalue weighted by Gasteiger charge is 2.32. The Hall–Kier alpha value is -0.960. The van der Waals surface area contributed by atoms with Gasteiger partial charge in [0.1, 0.15) is 5.82 Å². The summed E-state index contributed by atoms with van der Waals surface area (Å²) in [5.41, 5.74) is 2.63. The molecule has 2 heterocycles. The lowest BCUT2D eigenvalue weighted by molar-refractivity contribution is 0.301. The van der Waals surface area contributed by atoms with Gasteiger partial charge in [0.05, 0.1) is 5.69 Å². The van der Waals surface area contributed by atoms with Crippen molar-refractivity contribution < 1.29 is 0 Å². The van der Waals surface area contributed by atoms with Crippen molar-refractivity contribution in [1.29, 1.82) is 0 Å². The van der Waals surface area contributed by atoms with Crippen LogP contribution in [0.25, 0.3) is 0 Å². The summed E-state index contributed by atoms with van der Waals surface area (Å²) >= 11 is 0. The monoisotopic (exact) mass is 203 g/mol. The van der Waals surface area contributed by atoms with E-state index in [9.17, 15) is 0 Å². The number of nitrogens with zero attached hydrogens (tertiary/aromatic N) is 2. The van der Waals surface area contributed by atoms with Crippen LogP contribution in [0.5, 0.6) is 0 Å². The largest absolute Gasteiger partial charge is 0.309 e. The van der Waals surface area contributed by atoms with E-state index in [4.69, 9.17) is 0 Å². The summed E-state index contributed by atoms with van der Waals surface area (Å²) in [4.78, 5) is 8.93. The first-order valence-electron chi connectivity index (χ1n) is 5.90. The van der Waals surface area contributed by atoms with Crippen LogP contribution < -0.4 is 5.32 Å². The van der Waals surface area contributed by atoms with Crippen LogP contribution in [0.1, 0.15) is 48.7 Å². The molecule has 3 heteroatoms. The van der Waals surface area contributed by atoms with Gasteiger partial charge in [0.15, 0.2) is 0 Å². The number of rotatable bonds is 0. The Morgan fingerprint density at radius 3 is 3.13 bits per heavy atom. The van der Waals surface area contributed by atoms with Crippen LogP contribution in [0.15, 0.2) is 6.20 Å². The van der Waals surface area contributed by atoms with E-state index in [1.807, 2.05) is 13.1 Å². The van der Waals surface area contributed by atoms with Gasteiger partial charge in [-0.25, -0.2) is 9.97 Å². The molecule has 1 aromatic rings. The maximum Gasteiger partial charge on any atom is 0.125 e. The number of hydrogen-bond acceptors (Lipinski definition) is 3. The highest BCUT2D eigenvalue weighted by atomic mass is 15.0. The minimum Gasteiger partial charge on any atom is -0.309 e. The van der Waals surface area contributed by atoms with Crippen molar-refractivity contribution in [3.8, 4) is 0 Å². The first kappa shape index (κ1) is 9.28. The molecule has 1 aliphatic heterocycles. The average molecular weight is 203 g/mol. The normalized spacial score (nSPS) is 29.4. The van der Waals surface area contributed by atoms with E-state index in [2.05, 4.69) is 15.3 Å². The van der Waals surface area contributed by atoms with E-state index in [0.717, 1.165) is 12.4 Å². The lowest BCUT2D eigenvalue weighted by Crippen LogP contribution is -2.41. The lowest BCUT2D eigenvalue weighted by atomic mass is 9.79. The van der Waals surface area contributed by atoms with Gasteiger partial charge in [-0.2, -0.15) is 0 Å². The fraction of sp³-hybridized carbons (Fsp3) is 0.667. The quantitative estimate of drug-likeness (QED) is 0.700. The van der Waals surface area contributed by atoms with Crippen molar-refractivity contribution >= 4 is 0 Å². The molecule has 1 saturated carbocycles. The minimum absolute atomic E-state index is 0.643. The van der Waals surface area contributed by atoms with Crippen LogP contribution >= 0.6 is 0 Å². The van der Waals surface area contributed by atoms with E-state index in [0.29, 0.717) is 12.0 Å².